The number of rotatable bonds is 8. The van der Waals surface area contributed by atoms with Gasteiger partial charge in [0.25, 0.3) is 5.91 Å². The third kappa shape index (κ3) is 5.29. The number of hydrogen-bond acceptors (Lipinski definition) is 4. The minimum atomic E-state index is -0.545. The van der Waals surface area contributed by atoms with Crippen LogP contribution in [0.1, 0.15) is 48.2 Å². The van der Waals surface area contributed by atoms with Crippen LogP contribution in [0.3, 0.4) is 0 Å². The first-order valence-electron chi connectivity index (χ1n) is 8.94. The average molecular weight is 339 g/mol. The Morgan fingerprint density at radius 3 is 2.48 bits per heavy atom. The zero-order valence-corrected chi connectivity index (χ0v) is 14.4. The molecule has 3 N–H and O–H groups in total. The normalized spacial score (nSPS) is 14.6. The SMILES string of the molecule is NC(=O)c1ccc(Oc2ccc(CNCCC3CCCC3)cc2)cn1. The summed E-state index contributed by atoms with van der Waals surface area (Å²) < 4.78 is 5.73. The van der Waals surface area contributed by atoms with Crippen LogP contribution in [0.2, 0.25) is 0 Å². The Hall–Kier alpha value is -2.40. The molecule has 3 rings (SSSR count). The second-order valence-corrected chi connectivity index (χ2v) is 6.61. The minimum Gasteiger partial charge on any atom is -0.456 e. The molecule has 1 saturated carbocycles. The highest BCUT2D eigenvalue weighted by Crippen LogP contribution is 2.27. The second kappa shape index (κ2) is 8.62. The third-order valence-electron chi connectivity index (χ3n) is 4.68. The summed E-state index contributed by atoms with van der Waals surface area (Å²) in [5.74, 6) is 1.70. The van der Waals surface area contributed by atoms with Crippen molar-refractivity contribution in [1.29, 1.82) is 0 Å². The smallest absolute Gasteiger partial charge is 0.267 e. The van der Waals surface area contributed by atoms with Crippen LogP contribution in [-0.4, -0.2) is 17.4 Å². The van der Waals surface area contributed by atoms with E-state index in [-0.39, 0.29) is 5.69 Å². The molecule has 0 unspecified atom stereocenters. The Bertz CT molecular complexity index is 677. The lowest BCUT2D eigenvalue weighted by atomic mass is 10.0. The molecule has 0 atom stereocenters. The second-order valence-electron chi connectivity index (χ2n) is 6.61. The van der Waals surface area contributed by atoms with Gasteiger partial charge in [0, 0.05) is 6.54 Å². The van der Waals surface area contributed by atoms with Gasteiger partial charge >= 0.3 is 0 Å². The van der Waals surface area contributed by atoms with Gasteiger partial charge in [0.2, 0.25) is 0 Å². The Morgan fingerprint density at radius 2 is 1.84 bits per heavy atom. The van der Waals surface area contributed by atoms with Crippen LogP contribution in [0.5, 0.6) is 11.5 Å². The van der Waals surface area contributed by atoms with Crippen LogP contribution in [-0.2, 0) is 6.54 Å². The first-order chi connectivity index (χ1) is 12.2. The van der Waals surface area contributed by atoms with Crippen LogP contribution in [0, 0.1) is 5.92 Å². The summed E-state index contributed by atoms with van der Waals surface area (Å²) in [5, 5.41) is 3.52. The van der Waals surface area contributed by atoms with E-state index in [0.717, 1.165) is 24.8 Å². The molecule has 132 valence electrons. The molecule has 1 aromatic heterocycles. The van der Waals surface area contributed by atoms with Crippen molar-refractivity contribution in [1.82, 2.24) is 10.3 Å². The maximum absolute atomic E-state index is 11.0. The van der Waals surface area contributed by atoms with Crippen molar-refractivity contribution in [3.63, 3.8) is 0 Å². The van der Waals surface area contributed by atoms with E-state index in [1.807, 2.05) is 12.1 Å². The number of benzene rings is 1. The van der Waals surface area contributed by atoms with Crippen molar-refractivity contribution in [3.8, 4) is 11.5 Å². The van der Waals surface area contributed by atoms with E-state index >= 15 is 0 Å². The first kappa shape index (κ1) is 17.4. The van der Waals surface area contributed by atoms with Gasteiger partial charge in [0.15, 0.2) is 0 Å². The standard InChI is InChI=1S/C20H25N3O2/c21-20(24)19-10-9-18(14-23-19)25-17-7-5-16(6-8-17)13-22-12-11-15-3-1-2-4-15/h5-10,14-15,22H,1-4,11-13H2,(H2,21,24). The molecule has 5 heteroatoms. The largest absolute Gasteiger partial charge is 0.456 e. The molecule has 0 aliphatic heterocycles. The summed E-state index contributed by atoms with van der Waals surface area (Å²) >= 11 is 0. The van der Waals surface area contributed by atoms with Gasteiger partial charge in [-0.25, -0.2) is 4.98 Å². The lowest BCUT2D eigenvalue weighted by Crippen LogP contribution is -2.16. The summed E-state index contributed by atoms with van der Waals surface area (Å²) in [6, 6.07) is 11.2. The van der Waals surface area contributed by atoms with Crippen LogP contribution in [0.25, 0.3) is 0 Å². The number of carbonyl (C=O) groups excluding carboxylic acids is 1. The van der Waals surface area contributed by atoms with E-state index in [4.69, 9.17) is 10.5 Å². The molecule has 1 aliphatic rings. The van der Waals surface area contributed by atoms with Gasteiger partial charge in [-0.15, -0.1) is 0 Å². The fourth-order valence-corrected chi connectivity index (χ4v) is 3.24. The van der Waals surface area contributed by atoms with Gasteiger partial charge in [-0.1, -0.05) is 37.8 Å². The lowest BCUT2D eigenvalue weighted by Gasteiger charge is -2.10. The number of aromatic nitrogens is 1. The molecule has 1 aromatic carbocycles. The molecule has 1 fully saturated rings. The maximum Gasteiger partial charge on any atom is 0.267 e. The highest BCUT2D eigenvalue weighted by atomic mass is 16.5. The Balaban J connectivity index is 1.44. The van der Waals surface area contributed by atoms with E-state index in [0.29, 0.717) is 5.75 Å². The fraction of sp³-hybridized carbons (Fsp3) is 0.400. The topological polar surface area (TPSA) is 77.2 Å². The Kier molecular flexibility index (Phi) is 6.01. The highest BCUT2D eigenvalue weighted by molar-refractivity contribution is 5.90. The average Bonchev–Trinajstić information content (AvgIpc) is 3.14. The van der Waals surface area contributed by atoms with E-state index in [9.17, 15) is 4.79 Å². The molecule has 0 spiro atoms. The van der Waals surface area contributed by atoms with Crippen LogP contribution >= 0.6 is 0 Å². The Labute approximate surface area is 148 Å². The molecule has 1 aliphatic carbocycles. The highest BCUT2D eigenvalue weighted by Gasteiger charge is 2.13. The summed E-state index contributed by atoms with van der Waals surface area (Å²) in [5.41, 5.74) is 6.64. The first-order valence-corrected chi connectivity index (χ1v) is 8.94. The molecule has 5 nitrogen and oxygen atoms in total. The van der Waals surface area contributed by atoms with Gasteiger partial charge in [-0.3, -0.25) is 4.79 Å². The van der Waals surface area contributed by atoms with E-state index < -0.39 is 5.91 Å². The quantitative estimate of drug-likeness (QED) is 0.720. The summed E-state index contributed by atoms with van der Waals surface area (Å²) in [6.07, 6.45) is 8.42. The molecule has 1 amide bonds. The van der Waals surface area contributed by atoms with Crippen molar-refractivity contribution in [2.75, 3.05) is 6.54 Å². The summed E-state index contributed by atoms with van der Waals surface area (Å²) in [7, 11) is 0. The number of ether oxygens (including phenoxy) is 1. The molecule has 0 saturated heterocycles. The van der Waals surface area contributed by atoms with E-state index in [1.54, 1.807) is 12.1 Å². The zero-order valence-electron chi connectivity index (χ0n) is 14.4. The minimum absolute atomic E-state index is 0.228. The van der Waals surface area contributed by atoms with Crippen LogP contribution < -0.4 is 15.8 Å². The number of nitrogens with two attached hydrogens (primary N) is 1. The number of hydrogen-bond donors (Lipinski definition) is 2. The predicted molar refractivity (Wildman–Crippen MR) is 97.6 cm³/mol. The number of amides is 1. The van der Waals surface area contributed by atoms with Gasteiger partial charge in [0.05, 0.1) is 6.20 Å². The molecular weight excluding hydrogens is 314 g/mol. The van der Waals surface area contributed by atoms with Crippen molar-refractivity contribution in [2.45, 2.75) is 38.6 Å². The number of pyridine rings is 1. The molecule has 0 bridgehead atoms. The number of nitrogens with zero attached hydrogens (tertiary/aromatic N) is 1. The van der Waals surface area contributed by atoms with Gasteiger partial charge in [-0.05, 0) is 48.7 Å². The van der Waals surface area contributed by atoms with Crippen LogP contribution in [0.15, 0.2) is 42.6 Å². The van der Waals surface area contributed by atoms with E-state index in [2.05, 4.69) is 22.4 Å². The third-order valence-corrected chi connectivity index (χ3v) is 4.68. The van der Waals surface area contributed by atoms with Crippen molar-refractivity contribution in [2.24, 2.45) is 11.7 Å². The molecule has 25 heavy (non-hydrogen) atoms. The molecular formula is C20H25N3O2. The summed E-state index contributed by atoms with van der Waals surface area (Å²) in [4.78, 5) is 15.0. The van der Waals surface area contributed by atoms with Gasteiger partial charge in [0.1, 0.15) is 17.2 Å². The predicted octanol–water partition coefficient (Wildman–Crippen LogP) is 3.64. The molecule has 2 aromatic rings. The monoisotopic (exact) mass is 339 g/mol. The molecule has 1 heterocycles. The van der Waals surface area contributed by atoms with E-state index in [1.165, 1.54) is 43.9 Å². The lowest BCUT2D eigenvalue weighted by molar-refractivity contribution is 0.0995. The Morgan fingerprint density at radius 1 is 1.12 bits per heavy atom. The van der Waals surface area contributed by atoms with Gasteiger partial charge in [-0.2, -0.15) is 0 Å². The fourth-order valence-electron chi connectivity index (χ4n) is 3.24. The van der Waals surface area contributed by atoms with Gasteiger partial charge < -0.3 is 15.8 Å². The van der Waals surface area contributed by atoms with Crippen LogP contribution in [0.4, 0.5) is 0 Å². The van der Waals surface area contributed by atoms with Crippen molar-refractivity contribution < 1.29 is 9.53 Å². The zero-order chi connectivity index (χ0) is 17.5. The van der Waals surface area contributed by atoms with Crippen molar-refractivity contribution >= 4 is 5.91 Å². The number of carbonyl (C=O) groups is 1. The number of primary amides is 1. The summed E-state index contributed by atoms with van der Waals surface area (Å²) in [6.45, 7) is 1.96. The molecule has 0 radical (unpaired) electrons. The number of nitrogens with one attached hydrogen (secondary N) is 1. The van der Waals surface area contributed by atoms with Crippen molar-refractivity contribution in [3.05, 3.63) is 53.9 Å². The maximum atomic E-state index is 11.0.